The first-order chi connectivity index (χ1) is 16.0. The van der Waals surface area contributed by atoms with Crippen LogP contribution in [0.5, 0.6) is 11.5 Å². The summed E-state index contributed by atoms with van der Waals surface area (Å²) in [6, 6.07) is 18.7. The van der Waals surface area contributed by atoms with E-state index in [1.807, 2.05) is 49.5 Å². The van der Waals surface area contributed by atoms with Crippen molar-refractivity contribution in [1.82, 2.24) is 9.55 Å². The maximum atomic E-state index is 12.6. The predicted molar refractivity (Wildman–Crippen MR) is 132 cm³/mol. The van der Waals surface area contributed by atoms with Gasteiger partial charge in [-0.1, -0.05) is 35.9 Å². The summed E-state index contributed by atoms with van der Waals surface area (Å²) >= 11 is 6.19. The topological polar surface area (TPSA) is 77.4 Å². The highest BCUT2D eigenvalue weighted by Gasteiger charge is 2.13. The first kappa shape index (κ1) is 22.5. The van der Waals surface area contributed by atoms with Crippen LogP contribution in [0.25, 0.3) is 11.0 Å². The van der Waals surface area contributed by atoms with Gasteiger partial charge in [0.15, 0.2) is 0 Å². The zero-order valence-corrected chi connectivity index (χ0v) is 19.4. The van der Waals surface area contributed by atoms with Gasteiger partial charge in [-0.05, 0) is 42.3 Å². The van der Waals surface area contributed by atoms with Crippen molar-refractivity contribution in [2.75, 3.05) is 24.9 Å². The molecule has 0 aliphatic rings. The van der Waals surface area contributed by atoms with E-state index in [1.54, 1.807) is 12.1 Å². The van der Waals surface area contributed by atoms with E-state index in [-0.39, 0.29) is 0 Å². The molecule has 3 aromatic carbocycles. The number of hydrogen-bond acceptors (Lipinski definition) is 4. The Hall–Kier alpha value is -3.71. The molecule has 2 N–H and O–H groups in total. The van der Waals surface area contributed by atoms with Gasteiger partial charge in [0.05, 0.1) is 36.0 Å². The van der Waals surface area contributed by atoms with Gasteiger partial charge in [0, 0.05) is 25.2 Å². The zero-order chi connectivity index (χ0) is 23.4. The Labute approximate surface area is 197 Å². The van der Waals surface area contributed by atoms with Crippen LogP contribution >= 0.6 is 11.6 Å². The lowest BCUT2D eigenvalue weighted by Gasteiger charge is -2.14. The Bertz CT molecular complexity index is 1300. The molecule has 0 aliphatic heterocycles. The van der Waals surface area contributed by atoms with Gasteiger partial charge >= 0.3 is 6.03 Å². The Morgan fingerprint density at radius 1 is 0.970 bits per heavy atom. The van der Waals surface area contributed by atoms with Crippen molar-refractivity contribution in [3.63, 3.8) is 0 Å². The molecular formula is C25H25ClN4O3. The van der Waals surface area contributed by atoms with E-state index >= 15 is 0 Å². The number of aryl methyl sites for hydroxylation is 3. The van der Waals surface area contributed by atoms with Crippen LogP contribution < -0.4 is 20.1 Å². The molecule has 4 rings (SSSR count). The maximum absolute atomic E-state index is 12.6. The number of ether oxygens (including phenoxy) is 2. The number of carbonyl (C=O) groups is 1. The minimum Gasteiger partial charge on any atom is -0.495 e. The highest BCUT2D eigenvalue weighted by Crippen LogP contribution is 2.36. The number of nitrogens with one attached hydrogen (secondary N) is 2. The van der Waals surface area contributed by atoms with Crippen molar-refractivity contribution < 1.29 is 14.3 Å². The molecule has 170 valence electrons. The summed E-state index contributed by atoms with van der Waals surface area (Å²) in [4.78, 5) is 17.3. The van der Waals surface area contributed by atoms with Gasteiger partial charge in [-0.25, -0.2) is 9.78 Å². The van der Waals surface area contributed by atoms with Crippen molar-refractivity contribution in [2.45, 2.75) is 12.8 Å². The van der Waals surface area contributed by atoms with Crippen molar-refractivity contribution in [3.05, 3.63) is 77.1 Å². The van der Waals surface area contributed by atoms with Gasteiger partial charge < -0.3 is 24.7 Å². The summed E-state index contributed by atoms with van der Waals surface area (Å²) in [5.74, 6) is 1.94. The van der Waals surface area contributed by atoms with Gasteiger partial charge in [0.1, 0.15) is 17.3 Å². The number of aromatic nitrogens is 2. The average molecular weight is 465 g/mol. The quantitative estimate of drug-likeness (QED) is 0.369. The Morgan fingerprint density at radius 3 is 2.52 bits per heavy atom. The number of hydrogen-bond donors (Lipinski definition) is 2. The molecule has 0 atom stereocenters. The molecule has 0 unspecified atom stereocenters. The van der Waals surface area contributed by atoms with E-state index in [1.165, 1.54) is 14.2 Å². The third-order valence-corrected chi connectivity index (χ3v) is 5.72. The fraction of sp³-hybridized carbons (Fsp3) is 0.200. The molecule has 0 spiro atoms. The zero-order valence-electron chi connectivity index (χ0n) is 18.7. The smallest absolute Gasteiger partial charge is 0.323 e. The van der Waals surface area contributed by atoms with Crippen LogP contribution in [0.15, 0.2) is 60.7 Å². The van der Waals surface area contributed by atoms with E-state index in [0.717, 1.165) is 35.3 Å². The standard InChI is InChI=1S/C25H25ClN4O3/c1-30-21-10-5-4-9-19(21)28-24(30)12-11-16-7-6-8-17(13-16)27-25(31)29-20-14-18(26)22(32-2)15-23(20)33-3/h4-10,13-15H,11-12H2,1-3H3,(H2,27,29,31). The minimum atomic E-state index is -0.401. The van der Waals surface area contributed by atoms with Crippen molar-refractivity contribution in [3.8, 4) is 11.5 Å². The molecule has 1 heterocycles. The number of carbonyl (C=O) groups excluding carboxylic acids is 1. The number of anilines is 2. The van der Waals surface area contributed by atoms with Crippen LogP contribution in [-0.4, -0.2) is 29.8 Å². The Kier molecular flexibility index (Phi) is 6.70. The minimum absolute atomic E-state index is 0.373. The van der Waals surface area contributed by atoms with Gasteiger partial charge in [0.2, 0.25) is 0 Å². The van der Waals surface area contributed by atoms with E-state index in [9.17, 15) is 4.79 Å². The van der Waals surface area contributed by atoms with Gasteiger partial charge in [-0.2, -0.15) is 0 Å². The lowest BCUT2D eigenvalue weighted by atomic mass is 10.1. The predicted octanol–water partition coefficient (Wildman–Crippen LogP) is 5.67. The molecule has 0 saturated carbocycles. The second-order valence-electron chi connectivity index (χ2n) is 7.54. The first-order valence-electron chi connectivity index (χ1n) is 10.5. The summed E-state index contributed by atoms with van der Waals surface area (Å²) in [7, 11) is 5.07. The van der Waals surface area contributed by atoms with E-state index in [0.29, 0.717) is 27.9 Å². The second-order valence-corrected chi connectivity index (χ2v) is 7.95. The van der Waals surface area contributed by atoms with E-state index < -0.39 is 6.03 Å². The lowest BCUT2D eigenvalue weighted by Crippen LogP contribution is -2.20. The van der Waals surface area contributed by atoms with Crippen LogP contribution in [0.1, 0.15) is 11.4 Å². The monoisotopic (exact) mass is 464 g/mol. The number of rotatable bonds is 7. The number of fused-ring (bicyclic) bond motifs is 1. The highest BCUT2D eigenvalue weighted by molar-refractivity contribution is 6.32. The summed E-state index contributed by atoms with van der Waals surface area (Å²) in [5, 5.41) is 6.01. The third-order valence-electron chi connectivity index (χ3n) is 5.42. The average Bonchev–Trinajstić information content (AvgIpc) is 3.14. The number of nitrogens with zero attached hydrogens (tertiary/aromatic N) is 2. The van der Waals surface area contributed by atoms with Gasteiger partial charge in [-0.15, -0.1) is 0 Å². The molecule has 2 amide bonds. The molecule has 0 radical (unpaired) electrons. The fourth-order valence-corrected chi connectivity index (χ4v) is 3.96. The molecule has 4 aromatic rings. The summed E-state index contributed by atoms with van der Waals surface area (Å²) in [5.41, 5.74) is 4.35. The normalized spacial score (nSPS) is 10.8. The number of imidazole rings is 1. The number of benzene rings is 3. The van der Waals surface area contributed by atoms with Crippen molar-refractivity contribution >= 4 is 40.0 Å². The Morgan fingerprint density at radius 2 is 1.76 bits per heavy atom. The number of amides is 2. The molecule has 0 bridgehead atoms. The molecule has 0 fully saturated rings. The molecule has 0 aliphatic carbocycles. The molecular weight excluding hydrogens is 440 g/mol. The Balaban J connectivity index is 1.42. The largest absolute Gasteiger partial charge is 0.495 e. The molecule has 33 heavy (non-hydrogen) atoms. The van der Waals surface area contributed by atoms with Crippen molar-refractivity contribution in [2.24, 2.45) is 7.05 Å². The molecule has 0 saturated heterocycles. The first-order valence-corrected chi connectivity index (χ1v) is 10.8. The van der Waals surface area contributed by atoms with E-state index in [4.69, 9.17) is 26.1 Å². The van der Waals surface area contributed by atoms with Crippen LogP contribution in [0.2, 0.25) is 5.02 Å². The van der Waals surface area contributed by atoms with Crippen LogP contribution in [0.4, 0.5) is 16.2 Å². The SMILES string of the molecule is COc1cc(OC)c(NC(=O)Nc2cccc(CCc3nc4ccccc4n3C)c2)cc1Cl. The van der Waals surface area contributed by atoms with Crippen LogP contribution in [0, 0.1) is 0 Å². The lowest BCUT2D eigenvalue weighted by molar-refractivity contribution is 0.262. The molecule has 1 aromatic heterocycles. The van der Waals surface area contributed by atoms with Gasteiger partial charge in [-0.3, -0.25) is 0 Å². The summed E-state index contributed by atoms with van der Waals surface area (Å²) in [6.07, 6.45) is 1.60. The molecule has 8 heteroatoms. The number of urea groups is 1. The van der Waals surface area contributed by atoms with Crippen LogP contribution in [0.3, 0.4) is 0 Å². The number of methoxy groups -OCH3 is 2. The van der Waals surface area contributed by atoms with Crippen LogP contribution in [-0.2, 0) is 19.9 Å². The third kappa shape index (κ3) is 5.04. The van der Waals surface area contributed by atoms with Crippen molar-refractivity contribution in [1.29, 1.82) is 0 Å². The number of halogens is 1. The van der Waals surface area contributed by atoms with E-state index in [2.05, 4.69) is 21.3 Å². The maximum Gasteiger partial charge on any atom is 0.323 e. The fourth-order valence-electron chi connectivity index (χ4n) is 3.72. The summed E-state index contributed by atoms with van der Waals surface area (Å²) in [6.45, 7) is 0. The summed E-state index contributed by atoms with van der Waals surface area (Å²) < 4.78 is 12.6. The molecule has 7 nitrogen and oxygen atoms in total. The van der Waals surface area contributed by atoms with Gasteiger partial charge in [0.25, 0.3) is 0 Å². The number of para-hydroxylation sites is 2. The highest BCUT2D eigenvalue weighted by atomic mass is 35.5. The second kappa shape index (κ2) is 9.83.